The van der Waals surface area contributed by atoms with Crippen molar-refractivity contribution in [2.75, 3.05) is 7.05 Å². The fourth-order valence-electron chi connectivity index (χ4n) is 1.29. The summed E-state index contributed by atoms with van der Waals surface area (Å²) < 4.78 is 0.932. The number of nitriles is 1. The molecule has 0 aromatic heterocycles. The lowest BCUT2D eigenvalue weighted by atomic mass is 10.1. The van der Waals surface area contributed by atoms with Crippen LogP contribution in [-0.4, -0.2) is 23.9 Å². The first-order valence-electron chi connectivity index (χ1n) is 4.96. The van der Waals surface area contributed by atoms with Crippen LogP contribution in [0.5, 0.6) is 0 Å². The fourth-order valence-corrected chi connectivity index (χ4v) is 1.91. The average molecular weight is 328 g/mol. The van der Waals surface area contributed by atoms with Gasteiger partial charge < -0.3 is 4.90 Å². The quantitative estimate of drug-likeness (QED) is 0.801. The molecule has 0 spiro atoms. The van der Waals surface area contributed by atoms with Crippen molar-refractivity contribution < 1.29 is 4.79 Å². The zero-order chi connectivity index (χ0) is 12.1. The first-order valence-corrected chi connectivity index (χ1v) is 6.04. The standard InChI is InChI=1S/C12H13IN2O/c1-9(7-8-14)15(2)12(16)10-5-3-4-6-11(10)13/h3-6,9H,7H2,1-2H3. The van der Waals surface area contributed by atoms with Gasteiger partial charge in [-0.2, -0.15) is 5.26 Å². The smallest absolute Gasteiger partial charge is 0.254 e. The number of carbonyl (C=O) groups is 1. The molecule has 1 aromatic carbocycles. The van der Waals surface area contributed by atoms with Gasteiger partial charge in [0.15, 0.2) is 0 Å². The predicted molar refractivity (Wildman–Crippen MR) is 70.9 cm³/mol. The molecule has 1 aromatic rings. The van der Waals surface area contributed by atoms with Gasteiger partial charge in [-0.15, -0.1) is 0 Å². The Morgan fingerprint density at radius 2 is 2.19 bits per heavy atom. The molecule has 4 heteroatoms. The molecule has 84 valence electrons. The van der Waals surface area contributed by atoms with Crippen LogP contribution in [0.2, 0.25) is 0 Å². The lowest BCUT2D eigenvalue weighted by Crippen LogP contribution is -2.35. The molecule has 0 saturated heterocycles. The Labute approximate surface area is 109 Å². The van der Waals surface area contributed by atoms with Crippen LogP contribution in [0.4, 0.5) is 0 Å². The number of amides is 1. The SMILES string of the molecule is CC(CC#N)N(C)C(=O)c1ccccc1I. The zero-order valence-corrected chi connectivity index (χ0v) is 11.4. The van der Waals surface area contributed by atoms with E-state index in [2.05, 4.69) is 28.7 Å². The third-order valence-electron chi connectivity index (χ3n) is 2.47. The Balaban J connectivity index is 2.87. The van der Waals surface area contributed by atoms with Gasteiger partial charge in [-0.3, -0.25) is 4.79 Å². The Kier molecular flexibility index (Phi) is 4.74. The highest BCUT2D eigenvalue weighted by Crippen LogP contribution is 2.15. The first kappa shape index (κ1) is 13.0. The molecular weight excluding hydrogens is 315 g/mol. The highest BCUT2D eigenvalue weighted by atomic mass is 127. The van der Waals surface area contributed by atoms with Crippen molar-refractivity contribution >= 4 is 28.5 Å². The average Bonchev–Trinajstić information content (AvgIpc) is 2.28. The van der Waals surface area contributed by atoms with E-state index >= 15 is 0 Å². The van der Waals surface area contributed by atoms with Gasteiger partial charge in [0.1, 0.15) is 0 Å². The van der Waals surface area contributed by atoms with Gasteiger partial charge in [0.05, 0.1) is 18.1 Å². The van der Waals surface area contributed by atoms with E-state index in [9.17, 15) is 4.79 Å². The lowest BCUT2D eigenvalue weighted by Gasteiger charge is -2.23. The second-order valence-electron chi connectivity index (χ2n) is 3.61. The van der Waals surface area contributed by atoms with E-state index < -0.39 is 0 Å². The number of benzene rings is 1. The van der Waals surface area contributed by atoms with Crippen LogP contribution in [0.3, 0.4) is 0 Å². The number of hydrogen-bond acceptors (Lipinski definition) is 2. The monoisotopic (exact) mass is 328 g/mol. The third kappa shape index (κ3) is 2.95. The van der Waals surface area contributed by atoms with Gasteiger partial charge in [-0.1, -0.05) is 12.1 Å². The van der Waals surface area contributed by atoms with E-state index in [-0.39, 0.29) is 11.9 Å². The predicted octanol–water partition coefficient (Wildman–Crippen LogP) is 2.67. The summed E-state index contributed by atoms with van der Waals surface area (Å²) in [7, 11) is 1.73. The van der Waals surface area contributed by atoms with Crippen LogP contribution in [0.1, 0.15) is 23.7 Å². The molecule has 0 N–H and O–H groups in total. The maximum Gasteiger partial charge on any atom is 0.254 e. The number of halogens is 1. The van der Waals surface area contributed by atoms with Crippen molar-refractivity contribution in [2.45, 2.75) is 19.4 Å². The fraction of sp³-hybridized carbons (Fsp3) is 0.333. The molecule has 0 aliphatic heterocycles. The lowest BCUT2D eigenvalue weighted by molar-refractivity contribution is 0.0745. The molecule has 1 unspecified atom stereocenters. The molecule has 0 aliphatic carbocycles. The Morgan fingerprint density at radius 1 is 1.56 bits per heavy atom. The van der Waals surface area contributed by atoms with E-state index in [0.29, 0.717) is 12.0 Å². The number of nitrogens with zero attached hydrogens (tertiary/aromatic N) is 2. The number of carbonyl (C=O) groups excluding carboxylic acids is 1. The summed E-state index contributed by atoms with van der Waals surface area (Å²) in [6, 6.07) is 9.46. The Bertz CT molecular complexity index is 425. The Morgan fingerprint density at radius 3 is 2.75 bits per heavy atom. The second-order valence-corrected chi connectivity index (χ2v) is 4.77. The van der Waals surface area contributed by atoms with Crippen molar-refractivity contribution in [1.29, 1.82) is 5.26 Å². The van der Waals surface area contributed by atoms with Gasteiger partial charge in [0, 0.05) is 16.7 Å². The van der Waals surface area contributed by atoms with Crippen LogP contribution in [0.25, 0.3) is 0 Å². The molecule has 0 saturated carbocycles. The molecule has 1 amide bonds. The van der Waals surface area contributed by atoms with Gasteiger partial charge in [0.2, 0.25) is 0 Å². The highest BCUT2D eigenvalue weighted by molar-refractivity contribution is 14.1. The normalized spacial score (nSPS) is 11.6. The molecule has 0 bridgehead atoms. The minimum Gasteiger partial charge on any atom is -0.338 e. The summed E-state index contributed by atoms with van der Waals surface area (Å²) in [4.78, 5) is 13.7. The minimum absolute atomic E-state index is 0.0345. The summed E-state index contributed by atoms with van der Waals surface area (Å²) in [5.74, 6) is -0.0345. The topological polar surface area (TPSA) is 44.1 Å². The van der Waals surface area contributed by atoms with Crippen LogP contribution in [0, 0.1) is 14.9 Å². The molecule has 0 fully saturated rings. The maximum absolute atomic E-state index is 12.1. The highest BCUT2D eigenvalue weighted by Gasteiger charge is 2.18. The number of rotatable bonds is 3. The zero-order valence-electron chi connectivity index (χ0n) is 9.27. The maximum atomic E-state index is 12.1. The van der Waals surface area contributed by atoms with Crippen LogP contribution < -0.4 is 0 Å². The molecule has 0 aliphatic rings. The summed E-state index contributed by atoms with van der Waals surface area (Å²) in [5.41, 5.74) is 0.690. The Hall–Kier alpha value is -1.09. The van der Waals surface area contributed by atoms with E-state index in [0.717, 1.165) is 3.57 Å². The van der Waals surface area contributed by atoms with Crippen LogP contribution in [-0.2, 0) is 0 Å². The second kappa shape index (κ2) is 5.85. The molecule has 3 nitrogen and oxygen atoms in total. The van der Waals surface area contributed by atoms with Crippen molar-refractivity contribution in [2.24, 2.45) is 0 Å². The van der Waals surface area contributed by atoms with Gasteiger partial charge in [-0.05, 0) is 41.6 Å². The van der Waals surface area contributed by atoms with E-state index in [4.69, 9.17) is 5.26 Å². The molecule has 0 heterocycles. The summed E-state index contributed by atoms with van der Waals surface area (Å²) in [6.45, 7) is 1.87. The summed E-state index contributed by atoms with van der Waals surface area (Å²) in [6.07, 6.45) is 0.353. The van der Waals surface area contributed by atoms with Crippen LogP contribution in [0.15, 0.2) is 24.3 Å². The van der Waals surface area contributed by atoms with E-state index in [1.54, 1.807) is 18.0 Å². The number of hydrogen-bond donors (Lipinski definition) is 0. The molecular formula is C12H13IN2O. The van der Waals surface area contributed by atoms with Crippen LogP contribution >= 0.6 is 22.6 Å². The first-order chi connectivity index (χ1) is 7.57. The van der Waals surface area contributed by atoms with Gasteiger partial charge in [-0.25, -0.2) is 0 Å². The minimum atomic E-state index is -0.0616. The largest absolute Gasteiger partial charge is 0.338 e. The van der Waals surface area contributed by atoms with Crippen molar-refractivity contribution in [3.63, 3.8) is 0 Å². The van der Waals surface area contributed by atoms with Gasteiger partial charge in [0.25, 0.3) is 5.91 Å². The third-order valence-corrected chi connectivity index (χ3v) is 3.41. The van der Waals surface area contributed by atoms with E-state index in [1.807, 2.05) is 25.1 Å². The molecule has 16 heavy (non-hydrogen) atoms. The summed E-state index contributed by atoms with van der Waals surface area (Å²) >= 11 is 2.14. The van der Waals surface area contributed by atoms with Crippen molar-refractivity contribution in [3.8, 4) is 6.07 Å². The molecule has 1 atom stereocenters. The molecule has 0 radical (unpaired) electrons. The van der Waals surface area contributed by atoms with E-state index in [1.165, 1.54) is 0 Å². The van der Waals surface area contributed by atoms with Crippen molar-refractivity contribution in [3.05, 3.63) is 33.4 Å². The summed E-state index contributed by atoms with van der Waals surface area (Å²) in [5, 5.41) is 8.60. The molecule has 1 rings (SSSR count). The van der Waals surface area contributed by atoms with Gasteiger partial charge >= 0.3 is 0 Å². The van der Waals surface area contributed by atoms with Crippen molar-refractivity contribution in [1.82, 2.24) is 4.90 Å².